The second-order valence-electron chi connectivity index (χ2n) is 8.04. The third-order valence-corrected chi connectivity index (χ3v) is 6.13. The molecule has 3 heterocycles. The lowest BCUT2D eigenvalue weighted by molar-refractivity contribution is -0.139. The van der Waals surface area contributed by atoms with E-state index < -0.39 is 12.4 Å². The number of nitrogens with zero attached hydrogens (tertiary/aromatic N) is 6. The molecule has 9 nitrogen and oxygen atoms in total. The Morgan fingerprint density at radius 3 is 2.44 bits per heavy atom. The number of carboxylic acid groups (broad SMARTS) is 1. The van der Waals surface area contributed by atoms with E-state index in [2.05, 4.69) is 20.5 Å². The Bertz CT molecular complexity index is 1120. The summed E-state index contributed by atoms with van der Waals surface area (Å²) in [6.45, 7) is 3.25. The lowest BCUT2D eigenvalue weighted by atomic mass is 10.2. The summed E-state index contributed by atoms with van der Waals surface area (Å²) in [5.41, 5.74) is 1.85. The van der Waals surface area contributed by atoms with Crippen LogP contribution in [0.2, 0.25) is 0 Å². The highest BCUT2D eigenvalue weighted by atomic mass is 19.3. The summed E-state index contributed by atoms with van der Waals surface area (Å²) in [6, 6.07) is 9.34. The van der Waals surface area contributed by atoms with E-state index >= 15 is 0 Å². The number of alkyl halides is 2. The van der Waals surface area contributed by atoms with Crippen molar-refractivity contribution in [3.63, 3.8) is 0 Å². The van der Waals surface area contributed by atoms with Crippen molar-refractivity contribution in [1.82, 2.24) is 25.2 Å². The maximum absolute atomic E-state index is 12.8. The van der Waals surface area contributed by atoms with Crippen molar-refractivity contribution >= 4 is 11.8 Å². The Hall–Kier alpha value is -3.63. The number of aryl methyl sites for hydroxylation is 1. The molecule has 0 spiro atoms. The monoisotopic (exact) mass is 442 g/mol. The van der Waals surface area contributed by atoms with Crippen LogP contribution in [-0.2, 0) is 11.4 Å². The predicted octanol–water partition coefficient (Wildman–Crippen LogP) is 2.65. The first-order valence-electron chi connectivity index (χ1n) is 10.2. The first-order chi connectivity index (χ1) is 15.4. The zero-order chi connectivity index (χ0) is 22.4. The largest absolute Gasteiger partial charge is 0.481 e. The maximum Gasteiger partial charge on any atom is 0.307 e. The summed E-state index contributed by atoms with van der Waals surface area (Å²) in [7, 11) is 0. The molecule has 1 aliphatic carbocycles. The third kappa shape index (κ3) is 3.63. The molecule has 2 aromatic heterocycles. The van der Waals surface area contributed by atoms with Gasteiger partial charge in [-0.05, 0) is 37.0 Å². The van der Waals surface area contributed by atoms with Crippen LogP contribution in [0.25, 0.3) is 5.69 Å². The van der Waals surface area contributed by atoms with Crippen molar-refractivity contribution in [2.24, 2.45) is 17.8 Å². The van der Waals surface area contributed by atoms with Crippen LogP contribution in [0.3, 0.4) is 0 Å². The number of anilines is 1. The fourth-order valence-electron chi connectivity index (χ4n) is 4.29. The highest BCUT2D eigenvalue weighted by molar-refractivity contribution is 5.75. The molecule has 32 heavy (non-hydrogen) atoms. The van der Waals surface area contributed by atoms with Crippen LogP contribution >= 0.6 is 0 Å². The van der Waals surface area contributed by atoms with Gasteiger partial charge < -0.3 is 14.7 Å². The van der Waals surface area contributed by atoms with Gasteiger partial charge in [0, 0.05) is 24.7 Å². The van der Waals surface area contributed by atoms with Crippen molar-refractivity contribution in [2.45, 2.75) is 20.0 Å². The van der Waals surface area contributed by atoms with Gasteiger partial charge in [0.15, 0.2) is 5.82 Å². The molecule has 0 radical (unpaired) electrons. The van der Waals surface area contributed by atoms with Crippen LogP contribution in [0.5, 0.6) is 5.88 Å². The molecule has 2 unspecified atom stereocenters. The number of aromatic nitrogens is 5. The first kappa shape index (κ1) is 20.3. The Balaban J connectivity index is 1.23. The molecule has 2 aliphatic rings. The maximum atomic E-state index is 12.8. The van der Waals surface area contributed by atoms with Crippen LogP contribution in [0.1, 0.15) is 23.4 Å². The van der Waals surface area contributed by atoms with E-state index in [0.29, 0.717) is 41.9 Å². The molecule has 3 aromatic rings. The van der Waals surface area contributed by atoms with E-state index in [1.165, 1.54) is 12.1 Å². The fraction of sp³-hybridized carbons (Fsp3) is 0.381. The molecule has 1 saturated carbocycles. The molecular weight excluding hydrogens is 422 g/mol. The van der Waals surface area contributed by atoms with Gasteiger partial charge in [0.2, 0.25) is 5.88 Å². The minimum atomic E-state index is -2.53. The topological polar surface area (TPSA) is 106 Å². The standard InChI is InChI=1S/C21H20F2N6O3/c1-11-16(29(27-24-11)13-4-2-12(3-5-13)20(22)23)10-32-18-7-6-17(25-26-18)28-8-14-15(9-28)19(14)21(30)31/h2-7,14-15,19-20H,8-10H2,1H3,(H,30,31). The van der Waals surface area contributed by atoms with Crippen LogP contribution in [0.15, 0.2) is 36.4 Å². The first-order valence-corrected chi connectivity index (χ1v) is 10.2. The molecular formula is C21H20F2N6O3. The van der Waals surface area contributed by atoms with E-state index in [9.17, 15) is 13.6 Å². The fourth-order valence-corrected chi connectivity index (χ4v) is 4.29. The highest BCUT2D eigenvalue weighted by Gasteiger charge is 2.60. The summed E-state index contributed by atoms with van der Waals surface area (Å²) in [4.78, 5) is 13.1. The van der Waals surface area contributed by atoms with Crippen LogP contribution in [0.4, 0.5) is 14.6 Å². The number of rotatable bonds is 7. The molecule has 2 fully saturated rings. The second kappa shape index (κ2) is 7.81. The van der Waals surface area contributed by atoms with Gasteiger partial charge in [-0.1, -0.05) is 17.3 Å². The Labute approximate surface area is 181 Å². The van der Waals surface area contributed by atoms with Crippen molar-refractivity contribution < 1.29 is 23.4 Å². The molecule has 1 saturated heterocycles. The number of halogens is 2. The zero-order valence-corrected chi connectivity index (χ0v) is 17.1. The minimum Gasteiger partial charge on any atom is -0.481 e. The second-order valence-corrected chi connectivity index (χ2v) is 8.04. The van der Waals surface area contributed by atoms with E-state index in [0.717, 1.165) is 0 Å². The summed E-state index contributed by atoms with van der Waals surface area (Å²) in [6.07, 6.45) is -2.53. The lowest BCUT2D eigenvalue weighted by Gasteiger charge is -2.19. The average Bonchev–Trinajstić information content (AvgIpc) is 3.10. The summed E-state index contributed by atoms with van der Waals surface area (Å²) in [5, 5.41) is 25.6. The molecule has 1 N–H and O–H groups in total. The number of carbonyl (C=O) groups is 1. The van der Waals surface area contributed by atoms with Gasteiger partial charge in [-0.2, -0.15) is 0 Å². The number of fused-ring (bicyclic) bond motifs is 1. The Morgan fingerprint density at radius 1 is 1.12 bits per heavy atom. The van der Waals surface area contributed by atoms with Crippen molar-refractivity contribution in [3.8, 4) is 11.6 Å². The summed E-state index contributed by atoms with van der Waals surface area (Å²) >= 11 is 0. The summed E-state index contributed by atoms with van der Waals surface area (Å²) in [5.74, 6) is 0.447. The Morgan fingerprint density at radius 2 is 1.84 bits per heavy atom. The Kier molecular flexibility index (Phi) is 4.95. The molecule has 11 heteroatoms. The predicted molar refractivity (Wildman–Crippen MR) is 108 cm³/mol. The zero-order valence-electron chi connectivity index (χ0n) is 17.1. The lowest BCUT2D eigenvalue weighted by Crippen LogP contribution is -2.26. The quantitative estimate of drug-likeness (QED) is 0.595. The van der Waals surface area contributed by atoms with Crippen LogP contribution in [-0.4, -0.2) is 49.4 Å². The molecule has 2 atom stereocenters. The van der Waals surface area contributed by atoms with Gasteiger partial charge >= 0.3 is 5.97 Å². The van der Waals surface area contributed by atoms with Gasteiger partial charge in [-0.25, -0.2) is 13.5 Å². The number of aliphatic carboxylic acids is 1. The van der Waals surface area contributed by atoms with Gasteiger partial charge in [-0.3, -0.25) is 4.79 Å². The number of hydrogen-bond acceptors (Lipinski definition) is 7. The van der Waals surface area contributed by atoms with Gasteiger partial charge in [-0.15, -0.1) is 15.3 Å². The molecule has 0 bridgehead atoms. The number of hydrogen-bond donors (Lipinski definition) is 1. The smallest absolute Gasteiger partial charge is 0.307 e. The molecule has 5 rings (SSSR count). The average molecular weight is 442 g/mol. The number of benzene rings is 1. The molecule has 1 aliphatic heterocycles. The van der Waals surface area contributed by atoms with E-state index in [1.54, 1.807) is 35.9 Å². The van der Waals surface area contributed by atoms with Gasteiger partial charge in [0.25, 0.3) is 6.43 Å². The third-order valence-electron chi connectivity index (χ3n) is 6.13. The van der Waals surface area contributed by atoms with E-state index in [-0.39, 0.29) is 29.9 Å². The van der Waals surface area contributed by atoms with Crippen molar-refractivity contribution in [2.75, 3.05) is 18.0 Å². The number of carboxylic acids is 1. The normalized spacial score (nSPS) is 21.6. The molecule has 1 aromatic carbocycles. The van der Waals surface area contributed by atoms with Crippen LogP contribution in [0, 0.1) is 24.7 Å². The van der Waals surface area contributed by atoms with E-state index in [1.807, 2.05) is 4.90 Å². The van der Waals surface area contributed by atoms with Crippen molar-refractivity contribution in [3.05, 3.63) is 53.3 Å². The van der Waals surface area contributed by atoms with Gasteiger partial charge in [0.1, 0.15) is 12.3 Å². The van der Waals surface area contributed by atoms with Gasteiger partial charge in [0.05, 0.1) is 17.3 Å². The number of ether oxygens (including phenoxy) is 1. The van der Waals surface area contributed by atoms with E-state index in [4.69, 9.17) is 9.84 Å². The minimum absolute atomic E-state index is 0.0625. The number of piperidine rings is 1. The van der Waals surface area contributed by atoms with Crippen molar-refractivity contribution in [1.29, 1.82) is 0 Å². The van der Waals surface area contributed by atoms with Crippen LogP contribution < -0.4 is 9.64 Å². The SMILES string of the molecule is Cc1nnn(-c2ccc(C(F)F)cc2)c1COc1ccc(N2CC3C(C2)C3C(=O)O)nn1. The molecule has 166 valence electrons. The highest BCUT2D eigenvalue weighted by Crippen LogP contribution is 2.52. The summed E-state index contributed by atoms with van der Waals surface area (Å²) < 4.78 is 32.9. The molecule has 0 amide bonds.